The molecular weight excluding hydrogens is 330 g/mol. The van der Waals surface area contributed by atoms with Crippen LogP contribution in [0.1, 0.15) is 18.1 Å². The fraction of sp³-hybridized carbons (Fsp3) is 0.350. The van der Waals surface area contributed by atoms with Crippen LogP contribution in [-0.4, -0.2) is 37.4 Å². The van der Waals surface area contributed by atoms with Gasteiger partial charge in [-0.3, -0.25) is 0 Å². The normalized spacial score (nSPS) is 15.9. The summed E-state index contributed by atoms with van der Waals surface area (Å²) in [4.78, 5) is 4.55. The number of para-hydroxylation sites is 1. The van der Waals surface area contributed by atoms with Crippen molar-refractivity contribution in [1.29, 1.82) is 0 Å². The van der Waals surface area contributed by atoms with Crippen LogP contribution < -0.4 is 20.1 Å². The Morgan fingerprint density at radius 1 is 1.27 bits per heavy atom. The maximum atomic E-state index is 9.99. The van der Waals surface area contributed by atoms with Gasteiger partial charge in [0.1, 0.15) is 23.4 Å². The van der Waals surface area contributed by atoms with Crippen LogP contribution in [-0.2, 0) is 13.0 Å². The minimum Gasteiger partial charge on any atom is -0.508 e. The Morgan fingerprint density at radius 2 is 2.12 bits per heavy atom. The molecular formula is C20H25N3O3. The Bertz CT molecular complexity index is 752. The molecule has 1 atom stereocenters. The van der Waals surface area contributed by atoms with Gasteiger partial charge >= 0.3 is 0 Å². The van der Waals surface area contributed by atoms with Crippen molar-refractivity contribution >= 4 is 5.96 Å². The van der Waals surface area contributed by atoms with Crippen LogP contribution in [0.2, 0.25) is 0 Å². The Morgan fingerprint density at radius 3 is 2.88 bits per heavy atom. The molecule has 6 nitrogen and oxygen atoms in total. The van der Waals surface area contributed by atoms with Crippen LogP contribution in [0.4, 0.5) is 0 Å². The molecule has 2 aromatic carbocycles. The van der Waals surface area contributed by atoms with E-state index in [2.05, 4.69) is 21.7 Å². The summed E-state index contributed by atoms with van der Waals surface area (Å²) < 4.78 is 11.1. The van der Waals surface area contributed by atoms with Gasteiger partial charge in [-0.25, -0.2) is 4.99 Å². The molecule has 0 bridgehead atoms. The molecule has 1 aliphatic rings. The van der Waals surface area contributed by atoms with Gasteiger partial charge in [-0.15, -0.1) is 0 Å². The van der Waals surface area contributed by atoms with Crippen molar-refractivity contribution in [3.63, 3.8) is 0 Å². The minimum atomic E-state index is 0.0847. The first-order valence-electron chi connectivity index (χ1n) is 8.82. The zero-order valence-corrected chi connectivity index (χ0v) is 15.2. The van der Waals surface area contributed by atoms with Gasteiger partial charge in [-0.1, -0.05) is 18.2 Å². The number of hydrogen-bond donors (Lipinski definition) is 3. The Balaban J connectivity index is 1.60. The summed E-state index contributed by atoms with van der Waals surface area (Å²) in [5, 5.41) is 16.5. The molecule has 0 saturated carbocycles. The van der Waals surface area contributed by atoms with E-state index in [4.69, 9.17) is 9.47 Å². The summed E-state index contributed by atoms with van der Waals surface area (Å²) in [6.45, 7) is 3.78. The lowest BCUT2D eigenvalue weighted by molar-refractivity contribution is 0.235. The minimum absolute atomic E-state index is 0.0847. The molecule has 0 saturated heterocycles. The predicted octanol–water partition coefficient (Wildman–Crippen LogP) is 2.46. The highest BCUT2D eigenvalue weighted by Crippen LogP contribution is 2.27. The third-order valence-electron chi connectivity index (χ3n) is 4.25. The van der Waals surface area contributed by atoms with Crippen LogP contribution in [0, 0.1) is 0 Å². The number of nitrogens with zero attached hydrogens (tertiary/aromatic N) is 1. The number of rotatable bonds is 6. The molecule has 0 spiro atoms. The average molecular weight is 355 g/mol. The highest BCUT2D eigenvalue weighted by atomic mass is 16.5. The molecule has 0 aliphatic carbocycles. The SMILES string of the molecule is CCNC(=NCc1cc(OC)ccc1O)NCC1Cc2ccccc2O1. The first kappa shape index (κ1) is 17.9. The van der Waals surface area contributed by atoms with Crippen LogP contribution >= 0.6 is 0 Å². The number of ether oxygens (including phenoxy) is 2. The third kappa shape index (κ3) is 4.39. The van der Waals surface area contributed by atoms with Gasteiger partial charge in [0.25, 0.3) is 0 Å². The van der Waals surface area contributed by atoms with Crippen molar-refractivity contribution in [3.05, 3.63) is 53.6 Å². The highest BCUT2D eigenvalue weighted by Gasteiger charge is 2.22. The number of guanidine groups is 1. The van der Waals surface area contributed by atoms with Gasteiger partial charge in [0, 0.05) is 18.5 Å². The number of methoxy groups -OCH3 is 1. The van der Waals surface area contributed by atoms with Gasteiger partial charge in [0.05, 0.1) is 20.2 Å². The summed E-state index contributed by atoms with van der Waals surface area (Å²) >= 11 is 0. The van der Waals surface area contributed by atoms with E-state index in [1.165, 1.54) is 5.56 Å². The van der Waals surface area contributed by atoms with Crippen molar-refractivity contribution in [3.8, 4) is 17.2 Å². The molecule has 138 valence electrons. The third-order valence-corrected chi connectivity index (χ3v) is 4.25. The maximum absolute atomic E-state index is 9.99. The summed E-state index contributed by atoms with van der Waals surface area (Å²) in [6.07, 6.45) is 0.973. The van der Waals surface area contributed by atoms with Crippen LogP contribution in [0.25, 0.3) is 0 Å². The second-order valence-corrected chi connectivity index (χ2v) is 6.12. The molecule has 0 aromatic heterocycles. The van der Waals surface area contributed by atoms with Gasteiger partial charge in [-0.05, 0) is 36.8 Å². The summed E-state index contributed by atoms with van der Waals surface area (Å²) in [5.41, 5.74) is 1.95. The zero-order chi connectivity index (χ0) is 18.4. The molecule has 6 heteroatoms. The van der Waals surface area contributed by atoms with E-state index in [-0.39, 0.29) is 11.9 Å². The topological polar surface area (TPSA) is 75.1 Å². The van der Waals surface area contributed by atoms with E-state index in [1.54, 1.807) is 25.3 Å². The van der Waals surface area contributed by atoms with E-state index in [1.807, 2.05) is 25.1 Å². The van der Waals surface area contributed by atoms with Gasteiger partial charge in [0.15, 0.2) is 5.96 Å². The van der Waals surface area contributed by atoms with Gasteiger partial charge in [-0.2, -0.15) is 0 Å². The molecule has 1 heterocycles. The van der Waals surface area contributed by atoms with E-state index in [0.717, 1.165) is 18.7 Å². The van der Waals surface area contributed by atoms with Crippen molar-refractivity contribution < 1.29 is 14.6 Å². The lowest BCUT2D eigenvalue weighted by Gasteiger charge is -2.15. The molecule has 3 N–H and O–H groups in total. The Hall–Kier alpha value is -2.89. The predicted molar refractivity (Wildman–Crippen MR) is 102 cm³/mol. The van der Waals surface area contributed by atoms with Crippen molar-refractivity contribution in [2.24, 2.45) is 4.99 Å². The lowest BCUT2D eigenvalue weighted by Crippen LogP contribution is -2.42. The summed E-state index contributed by atoms with van der Waals surface area (Å²) in [7, 11) is 1.60. The fourth-order valence-corrected chi connectivity index (χ4v) is 2.90. The molecule has 1 unspecified atom stereocenters. The smallest absolute Gasteiger partial charge is 0.191 e. The summed E-state index contributed by atoms with van der Waals surface area (Å²) in [5.74, 6) is 2.56. The number of aliphatic imine (C=N–C) groups is 1. The Labute approximate surface area is 153 Å². The molecule has 0 radical (unpaired) electrons. The molecule has 26 heavy (non-hydrogen) atoms. The van der Waals surface area contributed by atoms with E-state index in [9.17, 15) is 5.11 Å². The number of fused-ring (bicyclic) bond motifs is 1. The largest absolute Gasteiger partial charge is 0.508 e. The highest BCUT2D eigenvalue weighted by molar-refractivity contribution is 5.79. The standard InChI is InChI=1S/C20H25N3O3/c1-3-21-20(22-12-15-11-16(25-2)8-9-18(15)24)23-13-17-10-14-6-4-5-7-19(14)26-17/h4-9,11,17,24H,3,10,12-13H2,1-2H3,(H2,21,22,23). The van der Waals surface area contributed by atoms with Gasteiger partial charge in [0.2, 0.25) is 0 Å². The second-order valence-electron chi connectivity index (χ2n) is 6.12. The fourth-order valence-electron chi connectivity index (χ4n) is 2.90. The average Bonchev–Trinajstić information content (AvgIpc) is 3.08. The molecule has 2 aromatic rings. The number of phenols is 1. The van der Waals surface area contributed by atoms with Crippen molar-refractivity contribution in [2.45, 2.75) is 26.0 Å². The number of aromatic hydroxyl groups is 1. The van der Waals surface area contributed by atoms with Crippen LogP contribution in [0.15, 0.2) is 47.5 Å². The monoisotopic (exact) mass is 355 g/mol. The first-order valence-corrected chi connectivity index (χ1v) is 8.82. The van der Waals surface area contributed by atoms with Crippen LogP contribution in [0.3, 0.4) is 0 Å². The van der Waals surface area contributed by atoms with E-state index >= 15 is 0 Å². The maximum Gasteiger partial charge on any atom is 0.191 e. The summed E-state index contributed by atoms with van der Waals surface area (Å²) in [6, 6.07) is 13.2. The van der Waals surface area contributed by atoms with E-state index < -0.39 is 0 Å². The molecule has 0 amide bonds. The first-order chi connectivity index (χ1) is 12.7. The van der Waals surface area contributed by atoms with Gasteiger partial charge < -0.3 is 25.2 Å². The van der Waals surface area contributed by atoms with Crippen LogP contribution in [0.5, 0.6) is 17.2 Å². The molecule has 0 fully saturated rings. The number of benzene rings is 2. The Kier molecular flexibility index (Phi) is 5.84. The molecule has 3 rings (SSSR count). The van der Waals surface area contributed by atoms with E-state index in [0.29, 0.717) is 30.4 Å². The number of hydrogen-bond acceptors (Lipinski definition) is 4. The second kappa shape index (κ2) is 8.47. The van der Waals surface area contributed by atoms with Crippen molar-refractivity contribution in [2.75, 3.05) is 20.2 Å². The molecule has 1 aliphatic heterocycles. The number of nitrogens with one attached hydrogen (secondary N) is 2. The number of phenolic OH excluding ortho intramolecular Hbond substituents is 1. The quantitative estimate of drug-likeness (QED) is 0.548. The van der Waals surface area contributed by atoms with Crippen molar-refractivity contribution in [1.82, 2.24) is 10.6 Å². The zero-order valence-electron chi connectivity index (χ0n) is 15.2. The lowest BCUT2D eigenvalue weighted by atomic mass is 10.1.